The number of halogens is 4. The van der Waals surface area contributed by atoms with Crippen molar-refractivity contribution < 1.29 is 9.53 Å². The molecular formula is C14H9Cl4NO2. The van der Waals surface area contributed by atoms with Crippen molar-refractivity contribution in [2.45, 2.75) is 0 Å². The summed E-state index contributed by atoms with van der Waals surface area (Å²) in [5.74, 6) is 0.334. The Morgan fingerprint density at radius 2 is 1.76 bits per heavy atom. The maximum atomic E-state index is 11.2. The zero-order chi connectivity index (χ0) is 15.4. The van der Waals surface area contributed by atoms with Crippen LogP contribution >= 0.6 is 46.4 Å². The van der Waals surface area contributed by atoms with E-state index in [1.54, 1.807) is 36.4 Å². The monoisotopic (exact) mass is 363 g/mol. The highest BCUT2D eigenvalue weighted by molar-refractivity contribution is 6.34. The molecular weight excluding hydrogens is 356 g/mol. The standard InChI is InChI=1S/C14H9Cl4NO2/c15-7-14(20)19-9-2-4-12(11(18)6-9)21-13-5-8(16)1-3-10(13)17/h1-6H,7H2,(H,19,20). The summed E-state index contributed by atoms with van der Waals surface area (Å²) in [6.07, 6.45) is 0. The molecule has 3 nitrogen and oxygen atoms in total. The summed E-state index contributed by atoms with van der Waals surface area (Å²) in [7, 11) is 0. The van der Waals surface area contributed by atoms with Crippen LogP contribution in [0.25, 0.3) is 0 Å². The number of alkyl halides is 1. The van der Waals surface area contributed by atoms with Crippen LogP contribution in [0.2, 0.25) is 15.1 Å². The molecule has 1 N–H and O–H groups in total. The molecule has 2 rings (SSSR count). The molecule has 0 saturated heterocycles. The second-order valence-corrected chi connectivity index (χ2v) is 5.52. The van der Waals surface area contributed by atoms with Crippen LogP contribution in [0.5, 0.6) is 11.5 Å². The summed E-state index contributed by atoms with van der Waals surface area (Å²) >= 11 is 23.4. The van der Waals surface area contributed by atoms with Crippen molar-refractivity contribution in [2.24, 2.45) is 0 Å². The highest BCUT2D eigenvalue weighted by Crippen LogP contribution is 2.36. The molecule has 0 unspecified atom stereocenters. The fraction of sp³-hybridized carbons (Fsp3) is 0.0714. The lowest BCUT2D eigenvalue weighted by molar-refractivity contribution is -0.113. The third-order valence-electron chi connectivity index (χ3n) is 2.45. The van der Waals surface area contributed by atoms with Crippen LogP contribution in [0.1, 0.15) is 0 Å². The Morgan fingerprint density at radius 1 is 1.00 bits per heavy atom. The minimum Gasteiger partial charge on any atom is -0.454 e. The van der Waals surface area contributed by atoms with Crippen LogP contribution in [0.4, 0.5) is 5.69 Å². The third-order valence-corrected chi connectivity index (χ3v) is 3.54. The van der Waals surface area contributed by atoms with Crippen LogP contribution < -0.4 is 10.1 Å². The topological polar surface area (TPSA) is 38.3 Å². The molecule has 110 valence electrons. The predicted molar refractivity (Wildman–Crippen MR) is 87.3 cm³/mol. The highest BCUT2D eigenvalue weighted by atomic mass is 35.5. The van der Waals surface area contributed by atoms with E-state index in [4.69, 9.17) is 51.1 Å². The van der Waals surface area contributed by atoms with E-state index in [1.165, 1.54) is 0 Å². The third kappa shape index (κ3) is 4.42. The molecule has 0 aliphatic heterocycles. The van der Waals surface area contributed by atoms with Crippen LogP contribution in [-0.4, -0.2) is 11.8 Å². The average Bonchev–Trinajstić information content (AvgIpc) is 2.45. The number of hydrogen-bond acceptors (Lipinski definition) is 2. The fourth-order valence-corrected chi connectivity index (χ4v) is 2.13. The van der Waals surface area contributed by atoms with Gasteiger partial charge in [-0.05, 0) is 30.3 Å². The van der Waals surface area contributed by atoms with Gasteiger partial charge in [-0.2, -0.15) is 0 Å². The lowest BCUT2D eigenvalue weighted by Crippen LogP contribution is -2.12. The van der Waals surface area contributed by atoms with Crippen molar-refractivity contribution in [3.8, 4) is 11.5 Å². The van der Waals surface area contributed by atoms with E-state index in [2.05, 4.69) is 5.32 Å². The molecule has 0 spiro atoms. The Bertz CT molecular complexity index is 676. The van der Waals surface area contributed by atoms with Crippen molar-refractivity contribution in [3.05, 3.63) is 51.5 Å². The number of carbonyl (C=O) groups excluding carboxylic acids is 1. The minimum absolute atomic E-state index is 0.131. The molecule has 2 aromatic rings. The molecule has 2 aromatic carbocycles. The van der Waals surface area contributed by atoms with Gasteiger partial charge in [0.2, 0.25) is 5.91 Å². The van der Waals surface area contributed by atoms with Crippen molar-refractivity contribution in [3.63, 3.8) is 0 Å². The minimum atomic E-state index is -0.320. The molecule has 0 aliphatic carbocycles. The zero-order valence-corrected chi connectivity index (χ0v) is 13.5. The van der Waals surface area contributed by atoms with E-state index in [-0.39, 0.29) is 11.8 Å². The van der Waals surface area contributed by atoms with Gasteiger partial charge in [0.1, 0.15) is 17.4 Å². The zero-order valence-electron chi connectivity index (χ0n) is 10.5. The molecule has 21 heavy (non-hydrogen) atoms. The summed E-state index contributed by atoms with van der Waals surface area (Å²) in [4.78, 5) is 11.2. The van der Waals surface area contributed by atoms with Crippen molar-refractivity contribution in [2.75, 3.05) is 11.2 Å². The van der Waals surface area contributed by atoms with E-state index >= 15 is 0 Å². The Labute approximate surface area is 141 Å². The van der Waals surface area contributed by atoms with E-state index in [0.717, 1.165) is 0 Å². The number of rotatable bonds is 4. The molecule has 0 saturated carbocycles. The first-order chi connectivity index (χ1) is 9.99. The molecule has 0 radical (unpaired) electrons. The van der Waals surface area contributed by atoms with E-state index in [1.807, 2.05) is 0 Å². The first-order valence-corrected chi connectivity index (χ1v) is 7.44. The smallest absolute Gasteiger partial charge is 0.239 e. The van der Waals surface area contributed by atoms with E-state index < -0.39 is 0 Å². The molecule has 0 fully saturated rings. The predicted octanol–water partition coefficient (Wildman–Crippen LogP) is 5.62. The van der Waals surface area contributed by atoms with Crippen LogP contribution in [-0.2, 0) is 4.79 Å². The summed E-state index contributed by atoms with van der Waals surface area (Å²) in [5, 5.41) is 3.81. The average molecular weight is 365 g/mol. The van der Waals surface area contributed by atoms with Gasteiger partial charge in [-0.1, -0.05) is 34.8 Å². The Balaban J connectivity index is 2.21. The van der Waals surface area contributed by atoms with Crippen molar-refractivity contribution >= 4 is 58.0 Å². The molecule has 0 aliphatic rings. The second-order valence-electron chi connectivity index (χ2n) is 4.00. The van der Waals surface area contributed by atoms with Gasteiger partial charge in [0, 0.05) is 16.8 Å². The lowest BCUT2D eigenvalue weighted by atomic mass is 10.3. The van der Waals surface area contributed by atoms with Gasteiger partial charge in [-0.15, -0.1) is 11.6 Å². The second kappa shape index (κ2) is 7.23. The normalized spacial score (nSPS) is 10.3. The molecule has 0 atom stereocenters. The van der Waals surface area contributed by atoms with Gasteiger partial charge in [-0.25, -0.2) is 0 Å². The number of carbonyl (C=O) groups is 1. The van der Waals surface area contributed by atoms with Crippen LogP contribution in [0.15, 0.2) is 36.4 Å². The van der Waals surface area contributed by atoms with Crippen molar-refractivity contribution in [1.29, 1.82) is 0 Å². The molecule has 0 heterocycles. The lowest BCUT2D eigenvalue weighted by Gasteiger charge is -2.11. The maximum absolute atomic E-state index is 11.2. The Hall–Kier alpha value is -1.13. The van der Waals surface area contributed by atoms with Gasteiger partial charge < -0.3 is 10.1 Å². The SMILES string of the molecule is O=C(CCl)Nc1ccc(Oc2cc(Cl)ccc2Cl)c(Cl)c1. The molecule has 0 bridgehead atoms. The Kier molecular flexibility index (Phi) is 5.59. The largest absolute Gasteiger partial charge is 0.454 e. The maximum Gasteiger partial charge on any atom is 0.239 e. The van der Waals surface area contributed by atoms with Crippen LogP contribution in [0.3, 0.4) is 0 Å². The number of ether oxygens (including phenoxy) is 1. The first kappa shape index (κ1) is 16.2. The fourth-order valence-electron chi connectivity index (χ4n) is 1.53. The van der Waals surface area contributed by atoms with Crippen LogP contribution in [0, 0.1) is 0 Å². The summed E-state index contributed by atoms with van der Waals surface area (Å²) in [6, 6.07) is 9.68. The first-order valence-electron chi connectivity index (χ1n) is 5.78. The molecule has 0 aromatic heterocycles. The van der Waals surface area contributed by atoms with Gasteiger partial charge in [0.15, 0.2) is 0 Å². The van der Waals surface area contributed by atoms with E-state index in [9.17, 15) is 4.79 Å². The number of amides is 1. The van der Waals surface area contributed by atoms with Gasteiger partial charge in [0.25, 0.3) is 0 Å². The number of hydrogen-bond donors (Lipinski definition) is 1. The van der Waals surface area contributed by atoms with E-state index in [0.29, 0.717) is 32.3 Å². The highest BCUT2D eigenvalue weighted by Gasteiger charge is 2.09. The van der Waals surface area contributed by atoms with Gasteiger partial charge in [0.05, 0.1) is 10.0 Å². The summed E-state index contributed by atoms with van der Waals surface area (Å²) in [5.41, 5.74) is 0.523. The van der Waals surface area contributed by atoms with Gasteiger partial charge >= 0.3 is 0 Å². The van der Waals surface area contributed by atoms with Crippen molar-refractivity contribution in [1.82, 2.24) is 0 Å². The molecule has 1 amide bonds. The number of nitrogens with one attached hydrogen (secondary N) is 1. The summed E-state index contributed by atoms with van der Waals surface area (Å²) in [6.45, 7) is 0. The van der Waals surface area contributed by atoms with Gasteiger partial charge in [-0.3, -0.25) is 4.79 Å². The quantitative estimate of drug-likeness (QED) is 0.715. The summed E-state index contributed by atoms with van der Waals surface area (Å²) < 4.78 is 5.62. The number of anilines is 1. The molecule has 7 heteroatoms. The number of benzene rings is 2. The Morgan fingerprint density at radius 3 is 2.43 bits per heavy atom.